The van der Waals surface area contributed by atoms with Crippen LogP contribution in [0, 0.1) is 13.8 Å². The zero-order valence-corrected chi connectivity index (χ0v) is 33.6. The van der Waals surface area contributed by atoms with Crippen LogP contribution in [0.15, 0.2) is 36.4 Å². The summed E-state index contributed by atoms with van der Waals surface area (Å²) in [7, 11) is 0. The molecule has 70 heavy (non-hydrogen) atoms. The highest BCUT2D eigenvalue weighted by Gasteiger charge is 2.97. The fourth-order valence-electron chi connectivity index (χ4n) is 4.98. The van der Waals surface area contributed by atoms with Crippen LogP contribution in [0.1, 0.15) is 11.1 Å². The summed E-state index contributed by atoms with van der Waals surface area (Å²) >= 11 is 6.85. The third kappa shape index (κ3) is 8.50. The SMILES string of the molecule is Cc1cc(-c2ccc(NC(=O)C(F)(F)C(F)(F)C(F)(F)C(F)(F)C(F)(F)C(F)(F)C(F)(F)C(F)(F)Cl)c(C)c2)ccc1NC(=O)C(F)(F)C(F)(F)C(F)(F)C(F)(F)C(F)(F)C(F)(F)C(F)(F)C(F)(F)Cl. The molecule has 2 rings (SSSR count). The molecule has 2 aromatic carbocycles. The van der Waals surface area contributed by atoms with Gasteiger partial charge in [-0.3, -0.25) is 9.59 Å². The molecule has 0 bridgehead atoms. The largest absolute Gasteiger partial charge is 0.393 e. The smallest absolute Gasteiger partial charge is 0.320 e. The van der Waals surface area contributed by atoms with Crippen LogP contribution >= 0.6 is 23.2 Å². The van der Waals surface area contributed by atoms with Crippen molar-refractivity contribution in [2.45, 2.75) is 108 Å². The van der Waals surface area contributed by atoms with Gasteiger partial charge in [0.25, 0.3) is 0 Å². The number of carbonyl (C=O) groups is 2. The van der Waals surface area contributed by atoms with Gasteiger partial charge in [-0.25, -0.2) is 0 Å². The molecule has 0 heterocycles. The van der Waals surface area contributed by atoms with Crippen LogP contribution < -0.4 is 10.6 Å². The van der Waals surface area contributed by atoms with E-state index in [-0.39, 0.29) is 12.1 Å². The molecule has 2 aromatic rings. The Morgan fingerprint density at radius 3 is 0.700 bits per heavy atom. The summed E-state index contributed by atoms with van der Waals surface area (Å²) in [5.74, 6) is -126. The van der Waals surface area contributed by atoms with Gasteiger partial charge in [-0.05, 0) is 83.6 Å². The molecular formula is C32H14Cl2F32N2O2. The summed E-state index contributed by atoms with van der Waals surface area (Å²) in [6, 6.07) is 2.58. The number of halogens is 34. The van der Waals surface area contributed by atoms with Crippen LogP contribution in [0.3, 0.4) is 0 Å². The number of alkyl halides is 34. The minimum absolute atomic E-state index is 0.248. The number of carbonyl (C=O) groups excluding carboxylic acids is 2. The Balaban J connectivity index is 2.48. The van der Waals surface area contributed by atoms with E-state index in [9.17, 15) is 150 Å². The van der Waals surface area contributed by atoms with Gasteiger partial charge in [0.2, 0.25) is 0 Å². The topological polar surface area (TPSA) is 58.2 Å². The minimum atomic E-state index is -8.92. The van der Waals surface area contributed by atoms with Crippen molar-refractivity contribution in [2.24, 2.45) is 0 Å². The molecule has 0 aliphatic carbocycles. The summed E-state index contributed by atoms with van der Waals surface area (Å²) in [5.41, 5.74) is -5.16. The number of hydrogen-bond donors (Lipinski definition) is 2. The maximum atomic E-state index is 14.5. The van der Waals surface area contributed by atoms with E-state index in [1.807, 2.05) is 0 Å². The number of nitrogens with one attached hydrogen (secondary N) is 2. The Morgan fingerprint density at radius 2 is 0.514 bits per heavy atom. The van der Waals surface area contributed by atoms with Crippen LogP contribution in [-0.2, 0) is 9.59 Å². The van der Waals surface area contributed by atoms with Crippen LogP contribution in [0.2, 0.25) is 0 Å². The highest BCUT2D eigenvalue weighted by Crippen LogP contribution is 2.66. The molecule has 0 aliphatic heterocycles. The van der Waals surface area contributed by atoms with Crippen LogP contribution in [0.5, 0.6) is 0 Å². The van der Waals surface area contributed by atoms with Crippen molar-refractivity contribution in [3.8, 4) is 11.1 Å². The van der Waals surface area contributed by atoms with Gasteiger partial charge < -0.3 is 10.6 Å². The van der Waals surface area contributed by atoms with Crippen molar-refractivity contribution in [1.82, 2.24) is 0 Å². The second-order valence-electron chi connectivity index (χ2n) is 14.0. The lowest BCUT2D eigenvalue weighted by molar-refractivity contribution is -0.445. The highest BCUT2D eigenvalue weighted by atomic mass is 35.5. The third-order valence-corrected chi connectivity index (χ3v) is 9.77. The van der Waals surface area contributed by atoms with E-state index in [2.05, 4.69) is 23.2 Å². The molecule has 0 saturated carbocycles. The van der Waals surface area contributed by atoms with E-state index in [1.54, 1.807) is 0 Å². The summed E-state index contributed by atoms with van der Waals surface area (Å²) in [6.07, 6.45) is 0. The molecule has 0 fully saturated rings. The monoisotopic (exact) mass is 1140 g/mol. The number of rotatable bonds is 19. The molecule has 2 N–H and O–H groups in total. The second-order valence-corrected chi connectivity index (χ2v) is 15.0. The van der Waals surface area contributed by atoms with Gasteiger partial charge in [-0.15, -0.1) is 0 Å². The quantitative estimate of drug-likeness (QED) is 0.109. The molecule has 0 aliphatic rings. The summed E-state index contributed by atoms with van der Waals surface area (Å²) < 4.78 is 442. The maximum Gasteiger partial charge on any atom is 0.393 e. The normalized spacial score (nSPS) is 15.5. The third-order valence-electron chi connectivity index (χ3n) is 9.30. The first kappa shape index (κ1) is 61.8. The number of benzene rings is 2. The molecule has 38 heteroatoms. The Labute approximate surface area is 373 Å². The minimum Gasteiger partial charge on any atom is -0.320 e. The van der Waals surface area contributed by atoms with Crippen LogP contribution in [0.4, 0.5) is 152 Å². The zero-order valence-electron chi connectivity index (χ0n) is 32.1. The number of hydrogen-bond acceptors (Lipinski definition) is 2. The van der Waals surface area contributed by atoms with Crippen LogP contribution in [-0.4, -0.2) is 105 Å². The lowest BCUT2D eigenvalue weighted by Gasteiger charge is -2.42. The van der Waals surface area contributed by atoms with E-state index < -0.39 is 139 Å². The molecule has 402 valence electrons. The highest BCUT2D eigenvalue weighted by molar-refractivity contribution is 6.22. The van der Waals surface area contributed by atoms with Gasteiger partial charge in [-0.1, -0.05) is 12.1 Å². The Bertz CT molecular complexity index is 2160. The van der Waals surface area contributed by atoms with Crippen molar-refractivity contribution in [2.75, 3.05) is 10.6 Å². The van der Waals surface area contributed by atoms with Crippen molar-refractivity contribution in [1.29, 1.82) is 0 Å². The summed E-state index contributed by atoms with van der Waals surface area (Å²) in [6.45, 7) is 1.23. The molecule has 0 radical (unpaired) electrons. The van der Waals surface area contributed by atoms with Gasteiger partial charge >= 0.3 is 105 Å². The lowest BCUT2D eigenvalue weighted by atomic mass is 9.89. The van der Waals surface area contributed by atoms with E-state index in [0.717, 1.165) is 0 Å². The first-order chi connectivity index (χ1) is 30.3. The first-order valence-electron chi connectivity index (χ1n) is 16.6. The molecule has 0 unspecified atom stereocenters. The summed E-state index contributed by atoms with van der Waals surface area (Å²) in [5, 5.41) is -12.8. The van der Waals surface area contributed by atoms with Gasteiger partial charge in [0.1, 0.15) is 0 Å². The number of amides is 2. The van der Waals surface area contributed by atoms with Gasteiger partial charge in [0, 0.05) is 11.4 Å². The fourth-order valence-corrected chi connectivity index (χ4v) is 5.22. The van der Waals surface area contributed by atoms with Crippen molar-refractivity contribution < 1.29 is 150 Å². The van der Waals surface area contributed by atoms with E-state index in [1.165, 1.54) is 0 Å². The first-order valence-corrected chi connectivity index (χ1v) is 17.3. The lowest BCUT2D eigenvalue weighted by Crippen LogP contribution is -2.75. The van der Waals surface area contributed by atoms with Gasteiger partial charge in [-0.2, -0.15) is 140 Å². The predicted molar refractivity (Wildman–Crippen MR) is 169 cm³/mol. The second kappa shape index (κ2) is 17.2. The number of anilines is 2. The molecule has 0 saturated heterocycles. The van der Waals surface area contributed by atoms with Gasteiger partial charge in [0.05, 0.1) is 0 Å². The number of aryl methyl sites for hydroxylation is 2. The molecular weight excluding hydrogens is 1120 g/mol. The predicted octanol–water partition coefficient (Wildman–Crippen LogP) is 14.4. The van der Waals surface area contributed by atoms with Crippen LogP contribution in [0.25, 0.3) is 11.1 Å². The van der Waals surface area contributed by atoms with E-state index in [0.29, 0.717) is 48.7 Å². The fraction of sp³-hybridized carbons (Fsp3) is 0.562. The molecule has 4 nitrogen and oxygen atoms in total. The molecule has 2 amide bonds. The van der Waals surface area contributed by atoms with Crippen molar-refractivity contribution in [3.63, 3.8) is 0 Å². The molecule has 0 spiro atoms. The standard InChI is InChI=1S/C32H14Cl2F32N2O2/c1-9-7-11(3-5-13(9)67-15(69)17(35,36)19(39,40)21(43,44)23(47,48)25(51,52)27(55,56)29(59,60)31(33,63)64)12-4-6-14(10(2)8-12)68-16(70)18(37,38)20(41,42)22(45,46)24(49,50)26(53,54)28(57,58)30(61,62)32(34,65)66/h3-8H,1-2H3,(H,67,69)(H,68,70). The average molecular weight is 1140 g/mol. The Morgan fingerprint density at radius 1 is 0.329 bits per heavy atom. The maximum absolute atomic E-state index is 14.5. The zero-order chi connectivity index (χ0) is 56.3. The van der Waals surface area contributed by atoms with E-state index >= 15 is 0 Å². The summed E-state index contributed by atoms with van der Waals surface area (Å²) in [4.78, 5) is 24.1. The van der Waals surface area contributed by atoms with Crippen molar-refractivity contribution >= 4 is 46.4 Å². The average Bonchev–Trinajstić information content (AvgIpc) is 3.17. The van der Waals surface area contributed by atoms with Crippen molar-refractivity contribution in [3.05, 3.63) is 47.5 Å². The molecule has 0 aromatic heterocycles. The van der Waals surface area contributed by atoms with E-state index in [4.69, 9.17) is 0 Å². The Kier molecular flexibility index (Phi) is 15.2. The van der Waals surface area contributed by atoms with Gasteiger partial charge in [0.15, 0.2) is 0 Å². The Hall–Kier alpha value is -4.28. The molecule has 0 atom stereocenters.